The Hall–Kier alpha value is -0.960. The average Bonchev–Trinajstić information content (AvgIpc) is 2.45. The average molecular weight is 325 g/mol. The summed E-state index contributed by atoms with van der Waals surface area (Å²) in [6.07, 6.45) is 0.264. The van der Waals surface area contributed by atoms with E-state index in [1.54, 1.807) is 23.9 Å². The lowest BCUT2D eigenvalue weighted by molar-refractivity contribution is 0.0993. The Morgan fingerprint density at radius 3 is 2.45 bits per heavy atom. The summed E-state index contributed by atoms with van der Waals surface area (Å²) < 4.78 is 0. The number of benzene rings is 2. The highest BCUT2D eigenvalue weighted by molar-refractivity contribution is 7.99. The first-order valence-corrected chi connectivity index (χ1v) is 8.05. The van der Waals surface area contributed by atoms with Crippen LogP contribution in [0.5, 0.6) is 0 Å². The number of thioether (sulfide) groups is 1. The van der Waals surface area contributed by atoms with Crippen LogP contribution in [-0.4, -0.2) is 11.5 Å². The summed E-state index contributed by atoms with van der Waals surface area (Å²) in [5.74, 6) is 1.06. The van der Waals surface area contributed by atoms with E-state index in [0.717, 1.165) is 11.3 Å². The second kappa shape index (κ2) is 7.16. The third-order valence-corrected chi connectivity index (χ3v) is 4.62. The van der Waals surface area contributed by atoms with E-state index in [2.05, 4.69) is 6.92 Å². The minimum absolute atomic E-state index is 0.0437. The molecule has 0 heterocycles. The maximum absolute atomic E-state index is 12.2. The molecule has 2 aromatic rings. The molecule has 2 aromatic carbocycles. The number of ketones is 1. The van der Waals surface area contributed by atoms with Gasteiger partial charge in [-0.15, -0.1) is 11.8 Å². The zero-order chi connectivity index (χ0) is 14.5. The van der Waals surface area contributed by atoms with Crippen molar-refractivity contribution in [3.8, 4) is 0 Å². The van der Waals surface area contributed by atoms with Crippen molar-refractivity contribution in [2.45, 2.75) is 18.2 Å². The molecule has 0 saturated heterocycles. The standard InChI is InChI=1S/C16H14Cl2OS/c1-2-20-13-8-6-11(7-9-13)15(19)10-12-4-3-5-14(17)16(12)18/h3-9H,2,10H2,1H3. The first-order chi connectivity index (χ1) is 9.61. The molecule has 0 aromatic heterocycles. The van der Waals surface area contributed by atoms with Crippen LogP contribution in [0.3, 0.4) is 0 Å². The van der Waals surface area contributed by atoms with Gasteiger partial charge in [-0.25, -0.2) is 0 Å². The Morgan fingerprint density at radius 2 is 1.80 bits per heavy atom. The lowest BCUT2D eigenvalue weighted by Crippen LogP contribution is -2.04. The zero-order valence-electron chi connectivity index (χ0n) is 11.0. The van der Waals surface area contributed by atoms with E-state index < -0.39 is 0 Å². The fourth-order valence-corrected chi connectivity index (χ4v) is 2.91. The van der Waals surface area contributed by atoms with Crippen LogP contribution in [0.1, 0.15) is 22.8 Å². The van der Waals surface area contributed by atoms with Crippen LogP contribution >= 0.6 is 35.0 Å². The van der Waals surface area contributed by atoms with Crippen molar-refractivity contribution >= 4 is 40.7 Å². The minimum Gasteiger partial charge on any atom is -0.294 e. The molecule has 0 N–H and O–H groups in total. The van der Waals surface area contributed by atoms with Gasteiger partial charge in [-0.05, 0) is 29.5 Å². The highest BCUT2D eigenvalue weighted by Gasteiger charge is 2.11. The summed E-state index contributed by atoms with van der Waals surface area (Å²) in [6, 6.07) is 13.0. The SMILES string of the molecule is CCSc1ccc(C(=O)Cc2cccc(Cl)c2Cl)cc1. The highest BCUT2D eigenvalue weighted by Crippen LogP contribution is 2.26. The maximum atomic E-state index is 12.2. The van der Waals surface area contributed by atoms with Gasteiger partial charge >= 0.3 is 0 Å². The molecular formula is C16H14Cl2OS. The van der Waals surface area contributed by atoms with E-state index >= 15 is 0 Å². The van der Waals surface area contributed by atoms with Crippen molar-refractivity contribution in [2.75, 3.05) is 5.75 Å². The fourth-order valence-electron chi connectivity index (χ4n) is 1.86. The van der Waals surface area contributed by atoms with E-state index in [1.165, 1.54) is 4.90 Å². The number of hydrogen-bond acceptors (Lipinski definition) is 2. The molecule has 0 atom stereocenters. The Bertz CT molecular complexity index is 608. The molecule has 0 radical (unpaired) electrons. The largest absolute Gasteiger partial charge is 0.294 e. The van der Waals surface area contributed by atoms with Gasteiger partial charge < -0.3 is 0 Å². The molecule has 0 bridgehead atoms. The van der Waals surface area contributed by atoms with Crippen LogP contribution in [0.2, 0.25) is 10.0 Å². The summed E-state index contributed by atoms with van der Waals surface area (Å²) in [5, 5.41) is 0.937. The van der Waals surface area contributed by atoms with Crippen molar-refractivity contribution in [3.63, 3.8) is 0 Å². The molecule has 1 nitrogen and oxygen atoms in total. The summed E-state index contributed by atoms with van der Waals surface area (Å²) in [5.41, 5.74) is 1.46. The summed E-state index contributed by atoms with van der Waals surface area (Å²) in [6.45, 7) is 2.10. The molecule has 104 valence electrons. The molecule has 0 aliphatic rings. The van der Waals surface area contributed by atoms with Crippen LogP contribution in [0.4, 0.5) is 0 Å². The van der Waals surface area contributed by atoms with Gasteiger partial charge in [0.2, 0.25) is 0 Å². The summed E-state index contributed by atoms with van der Waals surface area (Å²) in [7, 11) is 0. The van der Waals surface area contributed by atoms with Crippen LogP contribution in [-0.2, 0) is 6.42 Å². The molecular weight excluding hydrogens is 311 g/mol. The number of carbonyl (C=O) groups excluding carboxylic acids is 1. The van der Waals surface area contributed by atoms with Gasteiger partial charge in [-0.3, -0.25) is 4.79 Å². The van der Waals surface area contributed by atoms with Crippen molar-refractivity contribution < 1.29 is 4.79 Å². The maximum Gasteiger partial charge on any atom is 0.167 e. The van der Waals surface area contributed by atoms with Crippen molar-refractivity contribution in [1.82, 2.24) is 0 Å². The molecule has 0 fully saturated rings. The molecule has 0 aliphatic carbocycles. The lowest BCUT2D eigenvalue weighted by atomic mass is 10.0. The van der Waals surface area contributed by atoms with E-state index in [4.69, 9.17) is 23.2 Å². The third kappa shape index (κ3) is 3.78. The number of rotatable bonds is 5. The smallest absolute Gasteiger partial charge is 0.167 e. The number of halogens is 2. The molecule has 4 heteroatoms. The highest BCUT2D eigenvalue weighted by atomic mass is 35.5. The Labute approximate surface area is 133 Å². The Balaban J connectivity index is 2.13. The predicted molar refractivity (Wildman–Crippen MR) is 87.3 cm³/mol. The number of carbonyl (C=O) groups is 1. The topological polar surface area (TPSA) is 17.1 Å². The summed E-state index contributed by atoms with van der Waals surface area (Å²) in [4.78, 5) is 13.4. The quantitative estimate of drug-likeness (QED) is 0.531. The van der Waals surface area contributed by atoms with Crippen LogP contribution < -0.4 is 0 Å². The molecule has 0 amide bonds. The summed E-state index contributed by atoms with van der Waals surface area (Å²) >= 11 is 13.8. The van der Waals surface area contributed by atoms with Gasteiger partial charge in [-0.2, -0.15) is 0 Å². The van der Waals surface area contributed by atoms with Gasteiger partial charge in [0.1, 0.15) is 0 Å². The van der Waals surface area contributed by atoms with E-state index in [1.807, 2.05) is 30.3 Å². The van der Waals surface area contributed by atoms with Gasteiger partial charge in [-0.1, -0.05) is 54.4 Å². The lowest BCUT2D eigenvalue weighted by Gasteiger charge is -2.06. The number of hydrogen-bond donors (Lipinski definition) is 0. The molecule has 0 saturated carbocycles. The van der Waals surface area contributed by atoms with E-state index in [9.17, 15) is 4.79 Å². The van der Waals surface area contributed by atoms with Crippen LogP contribution in [0.25, 0.3) is 0 Å². The molecule has 0 unspecified atom stereocenters. The predicted octanol–water partition coefficient (Wildman–Crippen LogP) is 5.53. The monoisotopic (exact) mass is 324 g/mol. The van der Waals surface area contributed by atoms with Crippen LogP contribution in [0, 0.1) is 0 Å². The fraction of sp³-hybridized carbons (Fsp3) is 0.188. The van der Waals surface area contributed by atoms with Crippen molar-refractivity contribution in [2.24, 2.45) is 0 Å². The second-order valence-corrected chi connectivity index (χ2v) is 6.39. The molecule has 0 aliphatic heterocycles. The zero-order valence-corrected chi connectivity index (χ0v) is 13.4. The molecule has 20 heavy (non-hydrogen) atoms. The first kappa shape index (κ1) is 15.4. The minimum atomic E-state index is 0.0437. The van der Waals surface area contributed by atoms with Crippen molar-refractivity contribution in [3.05, 3.63) is 63.6 Å². The second-order valence-electron chi connectivity index (χ2n) is 4.27. The van der Waals surface area contributed by atoms with Gasteiger partial charge in [0.25, 0.3) is 0 Å². The molecule has 2 rings (SSSR count). The van der Waals surface area contributed by atoms with E-state index in [0.29, 0.717) is 15.6 Å². The third-order valence-electron chi connectivity index (χ3n) is 2.87. The Morgan fingerprint density at radius 1 is 1.10 bits per heavy atom. The van der Waals surface area contributed by atoms with Crippen LogP contribution in [0.15, 0.2) is 47.4 Å². The molecule has 0 spiro atoms. The van der Waals surface area contributed by atoms with Gasteiger partial charge in [0.15, 0.2) is 5.78 Å². The van der Waals surface area contributed by atoms with Gasteiger partial charge in [0.05, 0.1) is 10.0 Å². The van der Waals surface area contributed by atoms with E-state index in [-0.39, 0.29) is 12.2 Å². The first-order valence-electron chi connectivity index (χ1n) is 6.30. The van der Waals surface area contributed by atoms with Gasteiger partial charge in [0, 0.05) is 16.9 Å². The normalized spacial score (nSPS) is 10.6. The van der Waals surface area contributed by atoms with Crippen molar-refractivity contribution in [1.29, 1.82) is 0 Å². The number of Topliss-reactive ketones (excluding diaryl/α,β-unsaturated/α-hetero) is 1. The Kier molecular flexibility index (Phi) is 5.53.